The van der Waals surface area contributed by atoms with Gasteiger partial charge in [0.1, 0.15) is 5.54 Å². The minimum Gasteiger partial charge on any atom is -0.480 e. The lowest BCUT2D eigenvalue weighted by Crippen LogP contribution is -2.54. The summed E-state index contributed by atoms with van der Waals surface area (Å²) in [7, 11) is 0. The van der Waals surface area contributed by atoms with E-state index in [-0.39, 0.29) is 12.5 Å². The van der Waals surface area contributed by atoms with Gasteiger partial charge in [-0.05, 0) is 44.9 Å². The molecular formula is C16H28N2O3. The molecule has 0 spiro atoms. The number of carboxylic acid groups (broad SMARTS) is 1. The summed E-state index contributed by atoms with van der Waals surface area (Å²) in [5.41, 5.74) is 0.431. The molecule has 1 amide bonds. The number of amides is 1. The lowest BCUT2D eigenvalue weighted by Gasteiger charge is -2.27. The molecule has 0 heterocycles. The molecule has 21 heavy (non-hydrogen) atoms. The fourth-order valence-electron chi connectivity index (χ4n) is 2.68. The number of aliphatic carboxylic acids is 1. The lowest BCUT2D eigenvalue weighted by molar-refractivity contribution is -0.145. The molecule has 1 aliphatic carbocycles. The number of allylic oxidation sites excluding steroid dienone is 1. The van der Waals surface area contributed by atoms with Crippen LogP contribution in [0.25, 0.3) is 0 Å². The van der Waals surface area contributed by atoms with Crippen molar-refractivity contribution >= 4 is 11.9 Å². The van der Waals surface area contributed by atoms with E-state index in [1.807, 2.05) is 13.8 Å². The molecule has 0 atom stereocenters. The van der Waals surface area contributed by atoms with Crippen LogP contribution in [0.2, 0.25) is 0 Å². The van der Waals surface area contributed by atoms with Crippen molar-refractivity contribution < 1.29 is 14.7 Å². The van der Waals surface area contributed by atoms with Crippen LogP contribution in [0.5, 0.6) is 0 Å². The molecule has 0 aromatic heterocycles. The summed E-state index contributed by atoms with van der Waals surface area (Å²) in [6, 6.07) is 0. The minimum absolute atomic E-state index is 0.0486. The van der Waals surface area contributed by atoms with Gasteiger partial charge < -0.3 is 10.4 Å². The number of hydrogen-bond acceptors (Lipinski definition) is 3. The molecule has 0 saturated heterocycles. The van der Waals surface area contributed by atoms with Crippen LogP contribution >= 0.6 is 0 Å². The molecule has 1 rings (SSSR count). The van der Waals surface area contributed by atoms with Gasteiger partial charge in [-0.3, -0.25) is 14.9 Å². The van der Waals surface area contributed by atoms with Crippen LogP contribution in [0, 0.1) is 0 Å². The zero-order valence-electron chi connectivity index (χ0n) is 13.2. The zero-order chi connectivity index (χ0) is 15.7. The number of hydrogen-bond donors (Lipinski definition) is 3. The van der Waals surface area contributed by atoms with Crippen molar-refractivity contribution in [3.05, 3.63) is 11.6 Å². The van der Waals surface area contributed by atoms with E-state index >= 15 is 0 Å². The van der Waals surface area contributed by atoms with E-state index < -0.39 is 11.5 Å². The van der Waals surface area contributed by atoms with E-state index in [9.17, 15) is 14.7 Å². The van der Waals surface area contributed by atoms with Gasteiger partial charge >= 0.3 is 5.97 Å². The Labute approximate surface area is 127 Å². The monoisotopic (exact) mass is 296 g/mol. The van der Waals surface area contributed by atoms with Gasteiger partial charge in [-0.25, -0.2) is 0 Å². The van der Waals surface area contributed by atoms with Crippen LogP contribution in [0.15, 0.2) is 11.6 Å². The number of carboxylic acids is 1. The Morgan fingerprint density at radius 1 is 1.29 bits per heavy atom. The summed E-state index contributed by atoms with van der Waals surface area (Å²) in [6.07, 6.45) is 8.90. The largest absolute Gasteiger partial charge is 0.480 e. The summed E-state index contributed by atoms with van der Waals surface area (Å²) < 4.78 is 0. The first-order chi connectivity index (χ1) is 10.0. The van der Waals surface area contributed by atoms with Crippen LogP contribution in [0.1, 0.15) is 58.8 Å². The van der Waals surface area contributed by atoms with Gasteiger partial charge in [0.25, 0.3) is 0 Å². The molecule has 0 unspecified atom stereocenters. The first-order valence-electron chi connectivity index (χ1n) is 7.97. The zero-order valence-corrected chi connectivity index (χ0v) is 13.2. The highest BCUT2D eigenvalue weighted by Gasteiger charge is 2.34. The summed E-state index contributed by atoms with van der Waals surface area (Å²) in [5.74, 6) is -1.04. The van der Waals surface area contributed by atoms with Gasteiger partial charge in [-0.1, -0.05) is 25.5 Å². The first kappa shape index (κ1) is 17.7. The summed E-state index contributed by atoms with van der Waals surface area (Å²) in [4.78, 5) is 23.1. The standard InChI is InChI=1S/C16H28N2O3/c1-3-16(4-2,15(20)21)18-12-14(19)17-11-10-13-8-6-5-7-9-13/h8,18H,3-7,9-12H2,1-2H3,(H,17,19)(H,20,21). The molecule has 5 heteroatoms. The Kier molecular flexibility index (Phi) is 7.43. The molecule has 1 aliphatic rings. The second-order valence-corrected chi connectivity index (χ2v) is 5.66. The summed E-state index contributed by atoms with van der Waals surface area (Å²) in [5, 5.41) is 15.0. The van der Waals surface area contributed by atoms with Crippen molar-refractivity contribution in [1.82, 2.24) is 10.6 Å². The van der Waals surface area contributed by atoms with Gasteiger partial charge in [0.2, 0.25) is 5.91 Å². The van der Waals surface area contributed by atoms with Crippen LogP contribution < -0.4 is 10.6 Å². The van der Waals surface area contributed by atoms with E-state index in [1.54, 1.807) is 0 Å². The fraction of sp³-hybridized carbons (Fsp3) is 0.750. The molecule has 0 aliphatic heterocycles. The van der Waals surface area contributed by atoms with E-state index in [0.717, 1.165) is 19.3 Å². The smallest absolute Gasteiger partial charge is 0.323 e. The Bertz CT molecular complexity index is 387. The van der Waals surface area contributed by atoms with E-state index in [0.29, 0.717) is 19.4 Å². The van der Waals surface area contributed by atoms with Crippen molar-refractivity contribution in [2.45, 2.75) is 64.3 Å². The summed E-state index contributed by atoms with van der Waals surface area (Å²) >= 11 is 0. The average Bonchev–Trinajstić information content (AvgIpc) is 2.49. The Morgan fingerprint density at radius 2 is 2.00 bits per heavy atom. The first-order valence-corrected chi connectivity index (χ1v) is 7.97. The highest BCUT2D eigenvalue weighted by atomic mass is 16.4. The van der Waals surface area contributed by atoms with Gasteiger partial charge in [0.05, 0.1) is 6.54 Å². The molecule has 0 radical (unpaired) electrons. The highest BCUT2D eigenvalue weighted by Crippen LogP contribution is 2.19. The normalized spacial score (nSPS) is 15.4. The topological polar surface area (TPSA) is 78.4 Å². The van der Waals surface area contributed by atoms with Crippen LogP contribution in [0.3, 0.4) is 0 Å². The second kappa shape index (κ2) is 8.82. The molecule has 0 aromatic carbocycles. The quantitative estimate of drug-likeness (QED) is 0.570. The van der Waals surface area contributed by atoms with Gasteiger partial charge in [-0.2, -0.15) is 0 Å². The van der Waals surface area contributed by atoms with E-state index in [4.69, 9.17) is 0 Å². The minimum atomic E-state index is -0.997. The van der Waals surface area contributed by atoms with Crippen molar-refractivity contribution in [3.63, 3.8) is 0 Å². The molecule has 0 fully saturated rings. The maximum absolute atomic E-state index is 11.8. The van der Waals surface area contributed by atoms with E-state index in [2.05, 4.69) is 16.7 Å². The van der Waals surface area contributed by atoms with E-state index in [1.165, 1.54) is 18.4 Å². The molecule has 120 valence electrons. The van der Waals surface area contributed by atoms with Crippen LogP contribution in [-0.4, -0.2) is 35.6 Å². The molecule has 0 bridgehead atoms. The van der Waals surface area contributed by atoms with Crippen molar-refractivity contribution in [2.75, 3.05) is 13.1 Å². The molecule has 5 nitrogen and oxygen atoms in total. The van der Waals surface area contributed by atoms with Crippen molar-refractivity contribution in [2.24, 2.45) is 0 Å². The third-order valence-corrected chi connectivity index (χ3v) is 4.36. The third kappa shape index (κ3) is 5.50. The van der Waals surface area contributed by atoms with Gasteiger partial charge in [0.15, 0.2) is 0 Å². The number of carbonyl (C=O) groups excluding carboxylic acids is 1. The average molecular weight is 296 g/mol. The SMILES string of the molecule is CCC(CC)(NCC(=O)NCCC1=CCCCC1)C(=O)O. The van der Waals surface area contributed by atoms with Gasteiger partial charge in [-0.15, -0.1) is 0 Å². The van der Waals surface area contributed by atoms with Crippen LogP contribution in [0.4, 0.5) is 0 Å². The van der Waals surface area contributed by atoms with Crippen LogP contribution in [-0.2, 0) is 9.59 Å². The third-order valence-electron chi connectivity index (χ3n) is 4.36. The molecule has 0 aromatic rings. The molecule has 3 N–H and O–H groups in total. The predicted molar refractivity (Wildman–Crippen MR) is 83.1 cm³/mol. The van der Waals surface area contributed by atoms with Crippen molar-refractivity contribution in [3.8, 4) is 0 Å². The maximum atomic E-state index is 11.8. The van der Waals surface area contributed by atoms with Gasteiger partial charge in [0, 0.05) is 6.54 Å². The van der Waals surface area contributed by atoms with Crippen molar-refractivity contribution in [1.29, 1.82) is 0 Å². The molecule has 0 saturated carbocycles. The maximum Gasteiger partial charge on any atom is 0.323 e. The Hall–Kier alpha value is -1.36. The second-order valence-electron chi connectivity index (χ2n) is 5.66. The molecular weight excluding hydrogens is 268 g/mol. The number of nitrogens with one attached hydrogen (secondary N) is 2. The Morgan fingerprint density at radius 3 is 2.52 bits per heavy atom. The lowest BCUT2D eigenvalue weighted by atomic mass is 9.93. The fourth-order valence-corrected chi connectivity index (χ4v) is 2.68. The number of rotatable bonds is 9. The Balaban J connectivity index is 2.29. The highest BCUT2D eigenvalue weighted by molar-refractivity contribution is 5.82. The summed E-state index contributed by atoms with van der Waals surface area (Å²) in [6.45, 7) is 4.31. The number of carbonyl (C=O) groups is 2. The predicted octanol–water partition coefficient (Wildman–Crippen LogP) is 2.23.